The van der Waals surface area contributed by atoms with E-state index in [1.54, 1.807) is 0 Å². The summed E-state index contributed by atoms with van der Waals surface area (Å²) in [5, 5.41) is 20.1. The van der Waals surface area contributed by atoms with Crippen LogP contribution in [0.15, 0.2) is 0 Å². The van der Waals surface area contributed by atoms with Crippen molar-refractivity contribution in [3.8, 4) is 0 Å². The number of carbonyl (C=O) groups excluding carboxylic acids is 1. The Morgan fingerprint density at radius 2 is 1.89 bits per heavy atom. The molecular formula is C14H25NO4. The Morgan fingerprint density at radius 3 is 2.42 bits per heavy atom. The summed E-state index contributed by atoms with van der Waals surface area (Å²) in [6.45, 7) is 1.98. The molecule has 0 spiro atoms. The molecule has 1 atom stereocenters. The van der Waals surface area contributed by atoms with E-state index in [1.807, 2.05) is 0 Å². The Kier molecular flexibility index (Phi) is 6.84. The van der Waals surface area contributed by atoms with E-state index in [4.69, 9.17) is 10.2 Å². The van der Waals surface area contributed by atoms with Gasteiger partial charge in [-0.25, -0.2) is 4.79 Å². The lowest BCUT2D eigenvalue weighted by Gasteiger charge is -2.27. The predicted octanol–water partition coefficient (Wildman–Crippen LogP) is 1.54. The Labute approximate surface area is 114 Å². The van der Waals surface area contributed by atoms with Gasteiger partial charge in [0.1, 0.15) is 0 Å². The highest BCUT2D eigenvalue weighted by molar-refractivity contribution is 5.80. The Balaban J connectivity index is 2.23. The highest BCUT2D eigenvalue weighted by atomic mass is 16.4. The van der Waals surface area contributed by atoms with Crippen LogP contribution >= 0.6 is 0 Å². The molecule has 0 bridgehead atoms. The van der Waals surface area contributed by atoms with Gasteiger partial charge in [0.25, 0.3) is 0 Å². The number of aliphatic hydroxyl groups excluding tert-OH is 1. The number of amides is 1. The molecule has 1 aliphatic rings. The van der Waals surface area contributed by atoms with Crippen LogP contribution < -0.4 is 5.32 Å². The maximum absolute atomic E-state index is 11.8. The normalized spacial score (nSPS) is 24.7. The second-order valence-corrected chi connectivity index (χ2v) is 5.46. The van der Waals surface area contributed by atoms with Gasteiger partial charge in [-0.15, -0.1) is 0 Å². The van der Waals surface area contributed by atoms with Gasteiger partial charge in [-0.1, -0.05) is 26.2 Å². The molecule has 0 radical (unpaired) electrons. The van der Waals surface area contributed by atoms with Crippen molar-refractivity contribution in [3.63, 3.8) is 0 Å². The van der Waals surface area contributed by atoms with Crippen molar-refractivity contribution in [3.05, 3.63) is 0 Å². The van der Waals surface area contributed by atoms with Gasteiger partial charge in [-0.2, -0.15) is 0 Å². The molecule has 1 fully saturated rings. The van der Waals surface area contributed by atoms with Crippen molar-refractivity contribution in [2.24, 2.45) is 11.8 Å². The van der Waals surface area contributed by atoms with Gasteiger partial charge in [-0.05, 0) is 31.6 Å². The van der Waals surface area contributed by atoms with Gasteiger partial charge in [0.15, 0.2) is 6.10 Å². The number of carboxylic acid groups (broad SMARTS) is 1. The predicted molar refractivity (Wildman–Crippen MR) is 71.6 cm³/mol. The molecule has 0 aromatic heterocycles. The van der Waals surface area contributed by atoms with E-state index < -0.39 is 12.1 Å². The fraction of sp³-hybridized carbons (Fsp3) is 0.857. The lowest BCUT2D eigenvalue weighted by Crippen LogP contribution is -2.40. The zero-order valence-electron chi connectivity index (χ0n) is 11.6. The third kappa shape index (κ3) is 5.59. The number of aliphatic carboxylic acids is 1. The summed E-state index contributed by atoms with van der Waals surface area (Å²) in [6.07, 6.45) is 6.14. The number of hydrogen-bond acceptors (Lipinski definition) is 3. The van der Waals surface area contributed by atoms with Crippen molar-refractivity contribution in [1.82, 2.24) is 5.32 Å². The standard InChI is InChI=1S/C14H25NO4/c1-2-3-4-10-5-7-11(8-6-10)13(17)15-9-12(16)14(18)19/h10-12,16H,2-9H2,1H3,(H,15,17)(H,18,19)/t10?,11?,12-/m0/s1. The van der Waals surface area contributed by atoms with E-state index in [2.05, 4.69) is 12.2 Å². The third-order valence-electron chi connectivity index (χ3n) is 3.94. The molecule has 1 amide bonds. The van der Waals surface area contributed by atoms with Crippen LogP contribution in [0.5, 0.6) is 0 Å². The fourth-order valence-corrected chi connectivity index (χ4v) is 2.64. The first-order valence-electron chi connectivity index (χ1n) is 7.23. The number of unbranched alkanes of at least 4 members (excludes halogenated alkanes) is 1. The summed E-state index contributed by atoms with van der Waals surface area (Å²) in [7, 11) is 0. The van der Waals surface area contributed by atoms with Gasteiger partial charge in [0, 0.05) is 5.92 Å². The van der Waals surface area contributed by atoms with Gasteiger partial charge in [0.05, 0.1) is 6.54 Å². The van der Waals surface area contributed by atoms with Gasteiger partial charge in [-0.3, -0.25) is 4.79 Å². The van der Waals surface area contributed by atoms with Crippen LogP contribution in [0.1, 0.15) is 51.9 Å². The van der Waals surface area contributed by atoms with Crippen LogP contribution in [0.2, 0.25) is 0 Å². The topological polar surface area (TPSA) is 86.6 Å². The largest absolute Gasteiger partial charge is 0.479 e. The van der Waals surface area contributed by atoms with Crippen molar-refractivity contribution >= 4 is 11.9 Å². The molecule has 0 aliphatic heterocycles. The minimum Gasteiger partial charge on any atom is -0.479 e. The molecule has 3 N–H and O–H groups in total. The fourth-order valence-electron chi connectivity index (χ4n) is 2.64. The number of aliphatic hydroxyl groups is 1. The van der Waals surface area contributed by atoms with Gasteiger partial charge in [0.2, 0.25) is 5.91 Å². The van der Waals surface area contributed by atoms with Crippen molar-refractivity contribution in [1.29, 1.82) is 0 Å². The number of nitrogens with one attached hydrogen (secondary N) is 1. The molecule has 1 rings (SSSR count). The number of carboxylic acids is 1. The lowest BCUT2D eigenvalue weighted by atomic mass is 9.79. The zero-order valence-corrected chi connectivity index (χ0v) is 11.6. The first-order chi connectivity index (χ1) is 9.04. The van der Waals surface area contributed by atoms with E-state index in [-0.39, 0.29) is 18.4 Å². The molecule has 0 saturated heterocycles. The van der Waals surface area contributed by atoms with Crippen LogP contribution in [-0.2, 0) is 9.59 Å². The van der Waals surface area contributed by atoms with Crippen LogP contribution in [0.3, 0.4) is 0 Å². The number of carbonyl (C=O) groups is 2. The Morgan fingerprint density at radius 1 is 1.26 bits per heavy atom. The van der Waals surface area contributed by atoms with E-state index >= 15 is 0 Å². The molecule has 0 unspecified atom stereocenters. The van der Waals surface area contributed by atoms with Crippen LogP contribution in [-0.4, -0.2) is 34.7 Å². The molecule has 0 heterocycles. The van der Waals surface area contributed by atoms with Gasteiger partial charge >= 0.3 is 5.97 Å². The van der Waals surface area contributed by atoms with E-state index in [0.29, 0.717) is 0 Å². The molecule has 1 saturated carbocycles. The minimum atomic E-state index is -1.51. The van der Waals surface area contributed by atoms with Crippen LogP contribution in [0.4, 0.5) is 0 Å². The monoisotopic (exact) mass is 271 g/mol. The maximum atomic E-state index is 11.8. The van der Waals surface area contributed by atoms with Crippen molar-refractivity contribution in [2.45, 2.75) is 58.0 Å². The number of rotatable bonds is 7. The molecule has 0 aromatic rings. The van der Waals surface area contributed by atoms with E-state index in [1.165, 1.54) is 19.3 Å². The molecule has 110 valence electrons. The first-order valence-corrected chi connectivity index (χ1v) is 7.23. The van der Waals surface area contributed by atoms with E-state index in [9.17, 15) is 9.59 Å². The minimum absolute atomic E-state index is 0.0149. The van der Waals surface area contributed by atoms with Crippen LogP contribution in [0.25, 0.3) is 0 Å². The summed E-state index contributed by atoms with van der Waals surface area (Å²) in [5.41, 5.74) is 0. The smallest absolute Gasteiger partial charge is 0.334 e. The second-order valence-electron chi connectivity index (χ2n) is 5.46. The summed E-state index contributed by atoms with van der Waals surface area (Å²) < 4.78 is 0. The Bertz CT molecular complexity index is 298. The lowest BCUT2D eigenvalue weighted by molar-refractivity contribution is -0.146. The average molecular weight is 271 g/mol. The summed E-state index contributed by atoms with van der Waals surface area (Å²) >= 11 is 0. The number of hydrogen-bond donors (Lipinski definition) is 3. The zero-order chi connectivity index (χ0) is 14.3. The summed E-state index contributed by atoms with van der Waals surface area (Å²) in [4.78, 5) is 22.3. The second kappa shape index (κ2) is 8.15. The third-order valence-corrected chi connectivity index (χ3v) is 3.94. The van der Waals surface area contributed by atoms with Crippen molar-refractivity contribution < 1.29 is 19.8 Å². The Hall–Kier alpha value is -1.10. The molecule has 5 heteroatoms. The first kappa shape index (κ1) is 16.0. The van der Waals surface area contributed by atoms with Crippen molar-refractivity contribution in [2.75, 3.05) is 6.54 Å². The molecule has 1 aliphatic carbocycles. The highest BCUT2D eigenvalue weighted by Gasteiger charge is 2.26. The molecular weight excluding hydrogens is 246 g/mol. The summed E-state index contributed by atoms with van der Waals surface area (Å²) in [6, 6.07) is 0. The maximum Gasteiger partial charge on any atom is 0.334 e. The molecule has 19 heavy (non-hydrogen) atoms. The van der Waals surface area contributed by atoms with Crippen LogP contribution in [0, 0.1) is 11.8 Å². The molecule has 5 nitrogen and oxygen atoms in total. The highest BCUT2D eigenvalue weighted by Crippen LogP contribution is 2.31. The quantitative estimate of drug-likeness (QED) is 0.655. The summed E-state index contributed by atoms with van der Waals surface area (Å²) in [5.74, 6) is -0.690. The SMILES string of the molecule is CCCCC1CCC(C(=O)NC[C@H](O)C(=O)O)CC1. The van der Waals surface area contributed by atoms with Gasteiger partial charge < -0.3 is 15.5 Å². The van der Waals surface area contributed by atoms with E-state index in [0.717, 1.165) is 31.6 Å². The molecule has 0 aromatic carbocycles. The average Bonchev–Trinajstić information content (AvgIpc) is 2.42.